The van der Waals surface area contributed by atoms with Crippen molar-refractivity contribution in [2.24, 2.45) is 0 Å². The molecule has 19 heavy (non-hydrogen) atoms. The van der Waals surface area contributed by atoms with Gasteiger partial charge >= 0.3 is 0 Å². The van der Waals surface area contributed by atoms with Crippen molar-refractivity contribution in [3.05, 3.63) is 29.3 Å². The van der Waals surface area contributed by atoms with E-state index in [0.717, 1.165) is 19.4 Å². The lowest BCUT2D eigenvalue weighted by atomic mass is 10.0. The second-order valence-corrected chi connectivity index (χ2v) is 5.49. The first-order valence-corrected chi connectivity index (χ1v) is 7.92. The van der Waals surface area contributed by atoms with Crippen LogP contribution in [0.15, 0.2) is 18.2 Å². The third-order valence-corrected chi connectivity index (χ3v) is 4.15. The molecule has 1 N–H and O–H groups in total. The molecule has 1 heterocycles. The van der Waals surface area contributed by atoms with Crippen LogP contribution in [0.2, 0.25) is 0 Å². The number of anilines is 1. The van der Waals surface area contributed by atoms with Crippen molar-refractivity contribution in [3.63, 3.8) is 0 Å². The van der Waals surface area contributed by atoms with E-state index < -0.39 is 0 Å². The van der Waals surface area contributed by atoms with Crippen molar-refractivity contribution < 1.29 is 0 Å². The van der Waals surface area contributed by atoms with Crippen molar-refractivity contribution in [3.8, 4) is 0 Å². The molecule has 0 radical (unpaired) electrons. The van der Waals surface area contributed by atoms with Crippen LogP contribution in [0.4, 0.5) is 5.69 Å². The van der Waals surface area contributed by atoms with E-state index in [-0.39, 0.29) is 0 Å². The van der Waals surface area contributed by atoms with Crippen LogP contribution in [0.3, 0.4) is 0 Å². The van der Waals surface area contributed by atoms with Gasteiger partial charge in [0.25, 0.3) is 0 Å². The van der Waals surface area contributed by atoms with Crippen molar-refractivity contribution in [2.75, 3.05) is 31.5 Å². The molecule has 1 fully saturated rings. The number of nitrogens with one attached hydrogen (secondary N) is 1. The quantitative estimate of drug-likeness (QED) is 0.752. The molecule has 106 valence electrons. The Morgan fingerprint density at radius 2 is 1.68 bits per heavy atom. The molecule has 0 aromatic heterocycles. The normalized spacial score (nSPS) is 15.9. The summed E-state index contributed by atoms with van der Waals surface area (Å²) in [7, 11) is 0. The zero-order chi connectivity index (χ0) is 13.5. The SMILES string of the molecule is CCc1cccc(CC)c1NCCCN1CCCC1. The molecule has 2 rings (SSSR count). The van der Waals surface area contributed by atoms with E-state index in [4.69, 9.17) is 0 Å². The number of hydrogen-bond acceptors (Lipinski definition) is 2. The monoisotopic (exact) mass is 260 g/mol. The van der Waals surface area contributed by atoms with Gasteiger partial charge in [-0.25, -0.2) is 0 Å². The maximum absolute atomic E-state index is 3.68. The zero-order valence-electron chi connectivity index (χ0n) is 12.5. The number of para-hydroxylation sites is 1. The summed E-state index contributed by atoms with van der Waals surface area (Å²) in [5, 5.41) is 3.68. The molecule has 0 amide bonds. The number of rotatable bonds is 7. The number of likely N-dealkylation sites (tertiary alicyclic amines) is 1. The van der Waals surface area contributed by atoms with Crippen LogP contribution in [-0.2, 0) is 12.8 Å². The Bertz CT molecular complexity index is 359. The molecule has 0 unspecified atom stereocenters. The van der Waals surface area contributed by atoms with E-state index in [1.807, 2.05) is 0 Å². The van der Waals surface area contributed by atoms with Crippen LogP contribution in [0.25, 0.3) is 0 Å². The maximum atomic E-state index is 3.68. The second-order valence-electron chi connectivity index (χ2n) is 5.49. The van der Waals surface area contributed by atoms with Gasteiger partial charge in [0.1, 0.15) is 0 Å². The predicted molar refractivity (Wildman–Crippen MR) is 84.0 cm³/mol. The second kappa shape index (κ2) is 7.54. The highest BCUT2D eigenvalue weighted by Crippen LogP contribution is 2.22. The Labute approximate surface area is 118 Å². The van der Waals surface area contributed by atoms with E-state index in [2.05, 4.69) is 42.3 Å². The fourth-order valence-electron chi connectivity index (χ4n) is 2.99. The molecule has 2 heteroatoms. The molecule has 1 aromatic carbocycles. The van der Waals surface area contributed by atoms with Gasteiger partial charge in [0.15, 0.2) is 0 Å². The maximum Gasteiger partial charge on any atom is 0.0405 e. The molecular formula is C17H28N2. The largest absolute Gasteiger partial charge is 0.385 e. The average molecular weight is 260 g/mol. The van der Waals surface area contributed by atoms with Gasteiger partial charge in [-0.05, 0) is 62.9 Å². The Morgan fingerprint density at radius 3 is 2.26 bits per heavy atom. The summed E-state index contributed by atoms with van der Waals surface area (Å²) in [6.07, 6.45) is 6.27. The van der Waals surface area contributed by atoms with E-state index in [1.54, 1.807) is 0 Å². The standard InChI is InChI=1S/C17H28N2/c1-3-15-9-7-10-16(4-2)17(15)18-11-8-14-19-12-5-6-13-19/h7,9-10,18H,3-6,8,11-14H2,1-2H3. The zero-order valence-corrected chi connectivity index (χ0v) is 12.5. The Hall–Kier alpha value is -1.02. The minimum Gasteiger partial charge on any atom is -0.385 e. The molecule has 1 aliphatic rings. The van der Waals surface area contributed by atoms with Gasteiger partial charge in [-0.2, -0.15) is 0 Å². The van der Waals surface area contributed by atoms with Gasteiger partial charge in [-0.1, -0.05) is 32.0 Å². The number of hydrogen-bond donors (Lipinski definition) is 1. The van der Waals surface area contributed by atoms with Crippen LogP contribution in [0.1, 0.15) is 44.2 Å². The van der Waals surface area contributed by atoms with Crippen LogP contribution < -0.4 is 5.32 Å². The van der Waals surface area contributed by atoms with Gasteiger partial charge < -0.3 is 10.2 Å². The first-order valence-electron chi connectivity index (χ1n) is 7.92. The Kier molecular flexibility index (Phi) is 5.71. The van der Waals surface area contributed by atoms with Gasteiger partial charge in [-0.15, -0.1) is 0 Å². The predicted octanol–water partition coefficient (Wildman–Crippen LogP) is 3.71. The molecule has 0 saturated carbocycles. The summed E-state index contributed by atoms with van der Waals surface area (Å²) in [6, 6.07) is 6.69. The van der Waals surface area contributed by atoms with Crippen molar-refractivity contribution in [1.82, 2.24) is 4.90 Å². The van der Waals surface area contributed by atoms with Crippen molar-refractivity contribution in [1.29, 1.82) is 0 Å². The first kappa shape index (κ1) is 14.4. The topological polar surface area (TPSA) is 15.3 Å². The van der Waals surface area contributed by atoms with Crippen LogP contribution in [0.5, 0.6) is 0 Å². The van der Waals surface area contributed by atoms with Crippen LogP contribution in [-0.4, -0.2) is 31.1 Å². The summed E-state index contributed by atoms with van der Waals surface area (Å²) in [5.41, 5.74) is 4.31. The molecule has 2 nitrogen and oxygen atoms in total. The molecule has 1 saturated heterocycles. The Morgan fingerprint density at radius 1 is 1.05 bits per heavy atom. The number of nitrogens with zero attached hydrogens (tertiary/aromatic N) is 1. The third kappa shape index (κ3) is 3.97. The van der Waals surface area contributed by atoms with Gasteiger partial charge in [0, 0.05) is 12.2 Å². The highest BCUT2D eigenvalue weighted by molar-refractivity contribution is 5.57. The molecule has 0 bridgehead atoms. The van der Waals surface area contributed by atoms with E-state index in [0.29, 0.717) is 0 Å². The lowest BCUT2D eigenvalue weighted by molar-refractivity contribution is 0.337. The van der Waals surface area contributed by atoms with Gasteiger partial charge in [-0.3, -0.25) is 0 Å². The summed E-state index contributed by atoms with van der Waals surface area (Å²) < 4.78 is 0. The lowest BCUT2D eigenvalue weighted by Crippen LogP contribution is -2.22. The minimum absolute atomic E-state index is 1.10. The van der Waals surface area contributed by atoms with Crippen LogP contribution in [0, 0.1) is 0 Å². The first-order chi connectivity index (χ1) is 9.35. The Balaban J connectivity index is 1.83. The smallest absolute Gasteiger partial charge is 0.0405 e. The summed E-state index contributed by atoms with van der Waals surface area (Å²) >= 11 is 0. The molecule has 0 atom stereocenters. The molecule has 0 aliphatic carbocycles. The summed E-state index contributed by atoms with van der Waals surface area (Å²) in [6.45, 7) is 9.45. The van der Waals surface area contributed by atoms with Gasteiger partial charge in [0.2, 0.25) is 0 Å². The van der Waals surface area contributed by atoms with E-state index in [9.17, 15) is 0 Å². The summed E-state index contributed by atoms with van der Waals surface area (Å²) in [4.78, 5) is 2.59. The van der Waals surface area contributed by atoms with Crippen LogP contribution >= 0.6 is 0 Å². The highest BCUT2D eigenvalue weighted by Gasteiger charge is 2.10. The molecular weight excluding hydrogens is 232 g/mol. The lowest BCUT2D eigenvalue weighted by Gasteiger charge is -2.17. The van der Waals surface area contributed by atoms with Crippen molar-refractivity contribution in [2.45, 2.75) is 46.0 Å². The highest BCUT2D eigenvalue weighted by atomic mass is 15.1. The fraction of sp³-hybridized carbons (Fsp3) is 0.647. The third-order valence-electron chi connectivity index (χ3n) is 4.15. The van der Waals surface area contributed by atoms with Crippen molar-refractivity contribution >= 4 is 5.69 Å². The minimum atomic E-state index is 1.10. The number of aryl methyl sites for hydroxylation is 2. The molecule has 1 aliphatic heterocycles. The number of benzene rings is 1. The van der Waals surface area contributed by atoms with E-state index in [1.165, 1.54) is 55.7 Å². The average Bonchev–Trinajstić information content (AvgIpc) is 2.96. The molecule has 1 aromatic rings. The van der Waals surface area contributed by atoms with E-state index >= 15 is 0 Å². The molecule has 0 spiro atoms. The van der Waals surface area contributed by atoms with Gasteiger partial charge in [0.05, 0.1) is 0 Å². The fourth-order valence-corrected chi connectivity index (χ4v) is 2.99. The summed E-state index contributed by atoms with van der Waals surface area (Å²) in [5.74, 6) is 0.